The number of likely N-dealkylation sites (tertiary alicyclic amines) is 1. The number of hydrogen-bond donors (Lipinski definition) is 1. The van der Waals surface area contributed by atoms with Crippen LogP contribution in [-0.2, 0) is 14.3 Å². The first-order valence-electron chi connectivity index (χ1n) is 13.0. The first kappa shape index (κ1) is 27.5. The van der Waals surface area contributed by atoms with E-state index in [1.165, 1.54) is 12.0 Å². The van der Waals surface area contributed by atoms with Gasteiger partial charge < -0.3 is 29.0 Å². The van der Waals surface area contributed by atoms with Crippen molar-refractivity contribution in [2.24, 2.45) is 0 Å². The van der Waals surface area contributed by atoms with E-state index in [1.807, 2.05) is 20.8 Å². The van der Waals surface area contributed by atoms with E-state index in [9.17, 15) is 14.7 Å². The summed E-state index contributed by atoms with van der Waals surface area (Å²) in [7, 11) is 1.54. The molecule has 0 spiro atoms. The number of amides is 1. The largest absolute Gasteiger partial charge is 0.507 e. The van der Waals surface area contributed by atoms with E-state index in [0.717, 1.165) is 13.1 Å². The van der Waals surface area contributed by atoms with Gasteiger partial charge in [-0.1, -0.05) is 6.07 Å². The summed E-state index contributed by atoms with van der Waals surface area (Å²) in [5, 5.41) is 11.4. The molecule has 2 aromatic rings. The number of morpholine rings is 1. The van der Waals surface area contributed by atoms with Crippen molar-refractivity contribution >= 4 is 17.4 Å². The predicted octanol–water partition coefficient (Wildman–Crippen LogP) is 3.64. The van der Waals surface area contributed by atoms with Crippen molar-refractivity contribution in [3.8, 4) is 17.2 Å². The van der Waals surface area contributed by atoms with Gasteiger partial charge in [0, 0.05) is 31.7 Å². The van der Waals surface area contributed by atoms with Crippen molar-refractivity contribution in [2.75, 3.05) is 53.1 Å². The van der Waals surface area contributed by atoms with Crippen LogP contribution in [0.2, 0.25) is 0 Å². The van der Waals surface area contributed by atoms with Crippen molar-refractivity contribution in [3.63, 3.8) is 0 Å². The second kappa shape index (κ2) is 12.3. The smallest absolute Gasteiger partial charge is 0.295 e. The van der Waals surface area contributed by atoms with E-state index in [4.69, 9.17) is 18.9 Å². The Morgan fingerprint density at radius 2 is 1.76 bits per heavy atom. The second-order valence-corrected chi connectivity index (χ2v) is 9.48. The molecule has 0 radical (unpaired) electrons. The Bertz CT molecular complexity index is 1170. The number of Topliss-reactive ketones (excluding diaryl/α,β-unsaturated/α-hetero) is 1. The number of aliphatic hydroxyl groups is 1. The Morgan fingerprint density at radius 1 is 1.05 bits per heavy atom. The van der Waals surface area contributed by atoms with Crippen molar-refractivity contribution in [1.82, 2.24) is 9.80 Å². The normalized spacial score (nSPS) is 19.7. The van der Waals surface area contributed by atoms with Crippen LogP contribution in [0.3, 0.4) is 0 Å². The molecule has 2 heterocycles. The Balaban J connectivity index is 1.75. The van der Waals surface area contributed by atoms with Gasteiger partial charge in [0.05, 0.1) is 44.6 Å². The molecule has 2 aliphatic heterocycles. The first-order valence-corrected chi connectivity index (χ1v) is 13.0. The molecule has 204 valence electrons. The summed E-state index contributed by atoms with van der Waals surface area (Å²) in [5.41, 5.74) is 1.11. The second-order valence-electron chi connectivity index (χ2n) is 9.48. The highest BCUT2D eigenvalue weighted by Crippen LogP contribution is 2.42. The lowest BCUT2D eigenvalue weighted by Gasteiger charge is -2.31. The van der Waals surface area contributed by atoms with Gasteiger partial charge in [-0.05, 0) is 62.7 Å². The molecule has 1 amide bonds. The fraction of sp³-hybridized carbons (Fsp3) is 0.448. The van der Waals surface area contributed by atoms with Gasteiger partial charge in [0.1, 0.15) is 11.5 Å². The molecule has 38 heavy (non-hydrogen) atoms. The third-order valence-corrected chi connectivity index (χ3v) is 6.60. The third-order valence-electron chi connectivity index (χ3n) is 6.60. The minimum absolute atomic E-state index is 0.000813. The van der Waals surface area contributed by atoms with Crippen molar-refractivity contribution in [3.05, 3.63) is 59.2 Å². The van der Waals surface area contributed by atoms with Gasteiger partial charge in [-0.15, -0.1) is 0 Å². The van der Waals surface area contributed by atoms with E-state index in [1.54, 1.807) is 42.5 Å². The van der Waals surface area contributed by atoms with E-state index in [2.05, 4.69) is 4.90 Å². The molecule has 1 unspecified atom stereocenters. The summed E-state index contributed by atoms with van der Waals surface area (Å²) in [6, 6.07) is 11.4. The van der Waals surface area contributed by atoms with Gasteiger partial charge >= 0.3 is 0 Å². The molecule has 1 N–H and O–H groups in total. The summed E-state index contributed by atoms with van der Waals surface area (Å²) < 4.78 is 22.3. The zero-order valence-electron chi connectivity index (χ0n) is 22.4. The molecule has 1 atom stereocenters. The molecule has 2 saturated heterocycles. The van der Waals surface area contributed by atoms with E-state index < -0.39 is 17.7 Å². The highest BCUT2D eigenvalue weighted by molar-refractivity contribution is 6.46. The van der Waals surface area contributed by atoms with Crippen molar-refractivity contribution < 1.29 is 33.6 Å². The fourth-order valence-corrected chi connectivity index (χ4v) is 4.78. The van der Waals surface area contributed by atoms with Gasteiger partial charge in [-0.3, -0.25) is 14.5 Å². The third kappa shape index (κ3) is 5.95. The maximum absolute atomic E-state index is 13.4. The zero-order valence-corrected chi connectivity index (χ0v) is 22.4. The number of carbonyl (C=O) groups is 2. The van der Waals surface area contributed by atoms with Crippen LogP contribution in [0.5, 0.6) is 17.2 Å². The van der Waals surface area contributed by atoms with Gasteiger partial charge in [0.2, 0.25) is 0 Å². The van der Waals surface area contributed by atoms with Crippen molar-refractivity contribution in [2.45, 2.75) is 32.9 Å². The molecule has 4 rings (SSSR count). The molecule has 2 fully saturated rings. The summed E-state index contributed by atoms with van der Waals surface area (Å²) >= 11 is 0. The highest BCUT2D eigenvalue weighted by atomic mass is 16.5. The van der Waals surface area contributed by atoms with Gasteiger partial charge in [-0.25, -0.2) is 0 Å². The van der Waals surface area contributed by atoms with Crippen LogP contribution in [0, 0.1) is 0 Å². The first-order chi connectivity index (χ1) is 18.3. The molecule has 2 aromatic carbocycles. The van der Waals surface area contributed by atoms with E-state index >= 15 is 0 Å². The van der Waals surface area contributed by atoms with Crippen LogP contribution in [0.1, 0.15) is 37.9 Å². The molecule has 0 aliphatic carbocycles. The number of nitrogens with zero attached hydrogens (tertiary/aromatic N) is 2. The number of methoxy groups -OCH3 is 1. The SMILES string of the molecule is CCOc1ccc(C2/C(=C(/O)c3ccc(OC(C)C)cc3)C(=O)C(=O)N2CCN2CCOCC2)cc1OC. The van der Waals surface area contributed by atoms with Crippen LogP contribution in [0.4, 0.5) is 0 Å². The van der Waals surface area contributed by atoms with Crippen LogP contribution < -0.4 is 14.2 Å². The summed E-state index contributed by atoms with van der Waals surface area (Å²) in [5.74, 6) is 0.104. The highest BCUT2D eigenvalue weighted by Gasteiger charge is 2.46. The molecule has 9 nitrogen and oxygen atoms in total. The maximum atomic E-state index is 13.4. The predicted molar refractivity (Wildman–Crippen MR) is 143 cm³/mol. The van der Waals surface area contributed by atoms with Gasteiger partial charge in [0.25, 0.3) is 11.7 Å². The van der Waals surface area contributed by atoms with E-state index in [-0.39, 0.29) is 17.4 Å². The molecule has 0 saturated carbocycles. The number of aliphatic hydroxyl groups excluding tert-OH is 1. The number of benzene rings is 2. The van der Waals surface area contributed by atoms with Gasteiger partial charge in [-0.2, -0.15) is 0 Å². The Morgan fingerprint density at radius 3 is 2.39 bits per heavy atom. The lowest BCUT2D eigenvalue weighted by atomic mass is 9.95. The zero-order chi connectivity index (χ0) is 27.2. The summed E-state index contributed by atoms with van der Waals surface area (Å²) in [6.45, 7) is 9.89. The average Bonchev–Trinajstić information content (AvgIpc) is 3.17. The van der Waals surface area contributed by atoms with Gasteiger partial charge in [0.15, 0.2) is 11.5 Å². The quantitative estimate of drug-likeness (QED) is 0.286. The van der Waals surface area contributed by atoms with Crippen LogP contribution in [-0.4, -0.2) is 85.8 Å². The molecule has 2 aliphatic rings. The Labute approximate surface area is 223 Å². The number of rotatable bonds is 10. The fourth-order valence-electron chi connectivity index (χ4n) is 4.78. The van der Waals surface area contributed by atoms with E-state index in [0.29, 0.717) is 61.3 Å². The lowest BCUT2D eigenvalue weighted by molar-refractivity contribution is -0.140. The van der Waals surface area contributed by atoms with Crippen LogP contribution in [0.25, 0.3) is 5.76 Å². The van der Waals surface area contributed by atoms with Crippen molar-refractivity contribution in [1.29, 1.82) is 0 Å². The Kier molecular flexibility index (Phi) is 8.91. The summed E-state index contributed by atoms with van der Waals surface area (Å²) in [4.78, 5) is 30.4. The topological polar surface area (TPSA) is 97.8 Å². The monoisotopic (exact) mass is 524 g/mol. The number of hydrogen-bond acceptors (Lipinski definition) is 8. The summed E-state index contributed by atoms with van der Waals surface area (Å²) in [6.07, 6.45) is 0.000813. The molecular formula is C29H36N2O7. The maximum Gasteiger partial charge on any atom is 0.295 e. The van der Waals surface area contributed by atoms with Crippen LogP contribution >= 0.6 is 0 Å². The molecule has 0 aromatic heterocycles. The average molecular weight is 525 g/mol. The van der Waals surface area contributed by atoms with Crippen LogP contribution in [0.15, 0.2) is 48.0 Å². The number of ketones is 1. The number of carbonyl (C=O) groups excluding carboxylic acids is 2. The lowest BCUT2D eigenvalue weighted by Crippen LogP contribution is -2.42. The standard InChI is InChI=1S/C29H36N2O7/c1-5-37-23-11-8-21(18-24(23)35-4)26-25(27(32)20-6-9-22(10-7-20)38-19(2)3)28(33)29(34)31(26)13-12-30-14-16-36-17-15-30/h6-11,18-19,26,32H,5,12-17H2,1-4H3/b27-25-. The number of ether oxygens (including phenoxy) is 4. The minimum Gasteiger partial charge on any atom is -0.507 e. The molecule has 9 heteroatoms. The Hall–Kier alpha value is -3.56. The molecular weight excluding hydrogens is 488 g/mol. The minimum atomic E-state index is -0.785. The molecule has 0 bridgehead atoms.